The van der Waals surface area contributed by atoms with Crippen molar-refractivity contribution in [2.24, 2.45) is 7.05 Å². The zero-order valence-electron chi connectivity index (χ0n) is 15.6. The SMILES string of the molecule is CCc1ccc(-c2cn3c(C(=O)N(C)Cc4nccn4C)csc3n2)cc1. The number of carbonyl (C=O) groups is 1. The summed E-state index contributed by atoms with van der Waals surface area (Å²) in [7, 11) is 3.72. The van der Waals surface area contributed by atoms with Crippen molar-refractivity contribution in [1.82, 2.24) is 23.8 Å². The van der Waals surface area contributed by atoms with Gasteiger partial charge in [-0.15, -0.1) is 11.3 Å². The second kappa shape index (κ2) is 7.00. The molecule has 138 valence electrons. The molecule has 4 rings (SSSR count). The van der Waals surface area contributed by atoms with E-state index in [1.165, 1.54) is 16.9 Å². The number of rotatable bonds is 5. The van der Waals surface area contributed by atoms with E-state index in [1.54, 1.807) is 18.1 Å². The van der Waals surface area contributed by atoms with Gasteiger partial charge in [-0.25, -0.2) is 9.97 Å². The van der Waals surface area contributed by atoms with Crippen LogP contribution >= 0.6 is 11.3 Å². The average Bonchev–Trinajstić information content (AvgIpc) is 3.37. The van der Waals surface area contributed by atoms with Crippen LogP contribution in [-0.4, -0.2) is 36.8 Å². The van der Waals surface area contributed by atoms with E-state index in [1.807, 2.05) is 33.8 Å². The van der Waals surface area contributed by atoms with Crippen molar-refractivity contribution >= 4 is 22.2 Å². The largest absolute Gasteiger partial charge is 0.337 e. The summed E-state index contributed by atoms with van der Waals surface area (Å²) >= 11 is 1.48. The van der Waals surface area contributed by atoms with E-state index in [-0.39, 0.29) is 5.91 Å². The van der Waals surface area contributed by atoms with E-state index in [9.17, 15) is 4.79 Å². The smallest absolute Gasteiger partial charge is 0.271 e. The van der Waals surface area contributed by atoms with Crippen LogP contribution in [0.3, 0.4) is 0 Å². The lowest BCUT2D eigenvalue weighted by Crippen LogP contribution is -2.28. The van der Waals surface area contributed by atoms with Gasteiger partial charge in [0, 0.05) is 43.6 Å². The zero-order chi connectivity index (χ0) is 19.0. The van der Waals surface area contributed by atoms with Crippen molar-refractivity contribution in [3.05, 3.63) is 65.3 Å². The molecule has 0 aliphatic rings. The predicted molar refractivity (Wildman–Crippen MR) is 107 cm³/mol. The molecule has 27 heavy (non-hydrogen) atoms. The molecule has 0 aliphatic heterocycles. The number of carbonyl (C=O) groups excluding carboxylic acids is 1. The van der Waals surface area contributed by atoms with E-state index < -0.39 is 0 Å². The van der Waals surface area contributed by atoms with Crippen molar-refractivity contribution < 1.29 is 4.79 Å². The maximum atomic E-state index is 12.9. The Balaban J connectivity index is 1.61. The number of nitrogens with zero attached hydrogens (tertiary/aromatic N) is 5. The molecular weight excluding hydrogens is 358 g/mol. The molecule has 3 aromatic heterocycles. The Labute approximate surface area is 161 Å². The standard InChI is InChI=1S/C20H21N5OS/c1-4-14-5-7-15(8-6-14)16-11-25-17(13-27-20(25)22-16)19(26)24(3)12-18-21-9-10-23(18)2/h5-11,13H,4,12H2,1-3H3. The van der Waals surface area contributed by atoms with Crippen molar-refractivity contribution in [1.29, 1.82) is 0 Å². The summed E-state index contributed by atoms with van der Waals surface area (Å²) in [6, 6.07) is 8.41. The lowest BCUT2D eigenvalue weighted by atomic mass is 10.1. The molecule has 0 spiro atoms. The molecule has 0 radical (unpaired) electrons. The van der Waals surface area contributed by atoms with Gasteiger partial charge in [-0.3, -0.25) is 9.20 Å². The van der Waals surface area contributed by atoms with Gasteiger partial charge in [-0.2, -0.15) is 0 Å². The van der Waals surface area contributed by atoms with E-state index in [0.717, 1.165) is 28.5 Å². The molecule has 4 aromatic rings. The maximum absolute atomic E-state index is 12.9. The lowest BCUT2D eigenvalue weighted by Gasteiger charge is -2.16. The summed E-state index contributed by atoms with van der Waals surface area (Å²) in [5.41, 5.74) is 3.86. The Morgan fingerprint density at radius 3 is 2.70 bits per heavy atom. The summed E-state index contributed by atoms with van der Waals surface area (Å²) < 4.78 is 3.80. The summed E-state index contributed by atoms with van der Waals surface area (Å²) in [6.45, 7) is 2.60. The molecule has 1 amide bonds. The van der Waals surface area contributed by atoms with Crippen molar-refractivity contribution in [3.63, 3.8) is 0 Å². The molecule has 0 N–H and O–H groups in total. The summed E-state index contributed by atoms with van der Waals surface area (Å²) in [4.78, 5) is 24.4. The van der Waals surface area contributed by atoms with Gasteiger partial charge in [-0.05, 0) is 12.0 Å². The van der Waals surface area contributed by atoms with E-state index in [0.29, 0.717) is 12.2 Å². The van der Waals surface area contributed by atoms with E-state index in [2.05, 4.69) is 41.2 Å². The Hall–Kier alpha value is -2.93. The number of benzene rings is 1. The first-order valence-electron chi connectivity index (χ1n) is 8.84. The topological polar surface area (TPSA) is 55.4 Å². The minimum absolute atomic E-state index is 0.0467. The molecule has 0 atom stereocenters. The highest BCUT2D eigenvalue weighted by Gasteiger charge is 2.19. The fourth-order valence-electron chi connectivity index (χ4n) is 3.02. The number of hydrogen-bond donors (Lipinski definition) is 0. The van der Waals surface area contributed by atoms with Crippen LogP contribution < -0.4 is 0 Å². The number of thiazole rings is 1. The quantitative estimate of drug-likeness (QED) is 0.532. The molecule has 0 unspecified atom stereocenters. The zero-order valence-corrected chi connectivity index (χ0v) is 16.4. The molecular formula is C20H21N5OS. The van der Waals surface area contributed by atoms with E-state index >= 15 is 0 Å². The van der Waals surface area contributed by atoms with E-state index in [4.69, 9.17) is 0 Å². The van der Waals surface area contributed by atoms with Gasteiger partial charge in [0.15, 0.2) is 4.96 Å². The Morgan fingerprint density at radius 1 is 1.26 bits per heavy atom. The highest BCUT2D eigenvalue weighted by atomic mass is 32.1. The third kappa shape index (κ3) is 3.26. The third-order valence-electron chi connectivity index (χ3n) is 4.73. The fourth-order valence-corrected chi connectivity index (χ4v) is 3.86. The molecule has 0 bridgehead atoms. The Bertz CT molecular complexity index is 1090. The molecule has 0 fully saturated rings. The number of aromatic nitrogens is 4. The van der Waals surface area contributed by atoms with Crippen LogP contribution in [0.25, 0.3) is 16.2 Å². The molecule has 0 aliphatic carbocycles. The minimum Gasteiger partial charge on any atom is -0.337 e. The lowest BCUT2D eigenvalue weighted by molar-refractivity contribution is 0.0774. The van der Waals surface area contributed by atoms with Gasteiger partial charge < -0.3 is 9.47 Å². The molecule has 7 heteroatoms. The number of amides is 1. The van der Waals surface area contributed by atoms with Gasteiger partial charge in [0.05, 0.1) is 12.2 Å². The second-order valence-corrected chi connectivity index (χ2v) is 7.40. The fraction of sp³-hybridized carbons (Fsp3) is 0.250. The summed E-state index contributed by atoms with van der Waals surface area (Å²) in [6.07, 6.45) is 6.57. The van der Waals surface area contributed by atoms with Crippen LogP contribution in [0.2, 0.25) is 0 Å². The molecule has 3 heterocycles. The summed E-state index contributed by atoms with van der Waals surface area (Å²) in [5.74, 6) is 0.800. The first-order valence-corrected chi connectivity index (χ1v) is 9.72. The van der Waals surface area contributed by atoms with Crippen molar-refractivity contribution in [3.8, 4) is 11.3 Å². The van der Waals surface area contributed by atoms with Gasteiger partial charge in [-0.1, -0.05) is 31.2 Å². The number of hydrogen-bond acceptors (Lipinski definition) is 4. The molecule has 0 saturated carbocycles. The second-order valence-electron chi connectivity index (χ2n) is 6.57. The van der Waals surface area contributed by atoms with Gasteiger partial charge in [0.25, 0.3) is 5.91 Å². The maximum Gasteiger partial charge on any atom is 0.271 e. The van der Waals surface area contributed by atoms with Crippen LogP contribution in [-0.2, 0) is 20.0 Å². The Kier molecular flexibility index (Phi) is 4.53. The normalized spacial score (nSPS) is 11.2. The van der Waals surface area contributed by atoms with Gasteiger partial charge in [0.1, 0.15) is 11.5 Å². The number of imidazole rings is 2. The highest BCUT2D eigenvalue weighted by molar-refractivity contribution is 7.15. The van der Waals surface area contributed by atoms with Crippen molar-refractivity contribution in [2.75, 3.05) is 7.05 Å². The first-order chi connectivity index (χ1) is 13.1. The van der Waals surface area contributed by atoms with Crippen LogP contribution in [0, 0.1) is 0 Å². The van der Waals surface area contributed by atoms with Crippen LogP contribution in [0.4, 0.5) is 0 Å². The number of fused-ring (bicyclic) bond motifs is 1. The van der Waals surface area contributed by atoms with Crippen LogP contribution in [0.15, 0.2) is 48.2 Å². The van der Waals surface area contributed by atoms with Gasteiger partial charge in [0.2, 0.25) is 0 Å². The monoisotopic (exact) mass is 379 g/mol. The van der Waals surface area contributed by atoms with Crippen LogP contribution in [0.1, 0.15) is 28.8 Å². The van der Waals surface area contributed by atoms with Crippen LogP contribution in [0.5, 0.6) is 0 Å². The molecule has 0 saturated heterocycles. The number of aryl methyl sites for hydroxylation is 2. The predicted octanol–water partition coefficient (Wildman–Crippen LogP) is 3.63. The average molecular weight is 379 g/mol. The molecule has 1 aromatic carbocycles. The summed E-state index contributed by atoms with van der Waals surface area (Å²) in [5, 5.41) is 1.86. The molecule has 6 nitrogen and oxygen atoms in total. The van der Waals surface area contributed by atoms with Crippen molar-refractivity contribution in [2.45, 2.75) is 19.9 Å². The highest BCUT2D eigenvalue weighted by Crippen LogP contribution is 2.25. The Morgan fingerprint density at radius 2 is 2.04 bits per heavy atom. The third-order valence-corrected chi connectivity index (χ3v) is 5.57. The first kappa shape index (κ1) is 17.5. The van der Waals surface area contributed by atoms with Gasteiger partial charge >= 0.3 is 0 Å². The minimum atomic E-state index is -0.0467.